The summed E-state index contributed by atoms with van der Waals surface area (Å²) in [4.78, 5) is 39.7. The van der Waals surface area contributed by atoms with Crippen LogP contribution in [0.4, 0.5) is 9.18 Å². The molecular formula is C21H30FN3O4. The van der Waals surface area contributed by atoms with Gasteiger partial charge >= 0.3 is 6.09 Å². The van der Waals surface area contributed by atoms with Gasteiger partial charge in [0.1, 0.15) is 11.4 Å². The SMILES string of the molecule is CC(C)(C)OC(=O)NCCC(=O)N1CCN(C(=O)CCc2cccc(F)c2)CC1. The van der Waals surface area contributed by atoms with Crippen LogP contribution in [0.2, 0.25) is 0 Å². The quantitative estimate of drug-likeness (QED) is 0.785. The molecule has 3 amide bonds. The average Bonchev–Trinajstić information content (AvgIpc) is 2.65. The van der Waals surface area contributed by atoms with E-state index in [4.69, 9.17) is 4.74 Å². The van der Waals surface area contributed by atoms with Crippen molar-refractivity contribution >= 4 is 17.9 Å². The lowest BCUT2D eigenvalue weighted by molar-refractivity contribution is -0.139. The van der Waals surface area contributed by atoms with Gasteiger partial charge < -0.3 is 19.9 Å². The number of aryl methyl sites for hydroxylation is 1. The molecule has 8 heteroatoms. The summed E-state index contributed by atoms with van der Waals surface area (Å²) in [6.45, 7) is 7.43. The third-order valence-electron chi connectivity index (χ3n) is 4.51. The van der Waals surface area contributed by atoms with Crippen LogP contribution in [0.5, 0.6) is 0 Å². The number of halogens is 1. The average molecular weight is 407 g/mol. The van der Waals surface area contributed by atoms with Crippen LogP contribution in [-0.2, 0) is 20.7 Å². The first-order valence-corrected chi connectivity index (χ1v) is 9.91. The van der Waals surface area contributed by atoms with Crippen LogP contribution in [-0.4, -0.2) is 66.0 Å². The highest BCUT2D eigenvalue weighted by Crippen LogP contribution is 2.10. The van der Waals surface area contributed by atoms with E-state index in [1.807, 2.05) is 0 Å². The summed E-state index contributed by atoms with van der Waals surface area (Å²) in [5, 5.41) is 2.57. The van der Waals surface area contributed by atoms with Crippen molar-refractivity contribution in [1.29, 1.82) is 0 Å². The van der Waals surface area contributed by atoms with Gasteiger partial charge in [0.25, 0.3) is 0 Å². The molecule has 0 saturated carbocycles. The van der Waals surface area contributed by atoms with Gasteiger partial charge in [-0.25, -0.2) is 9.18 Å². The Bertz CT molecular complexity index is 725. The van der Waals surface area contributed by atoms with Gasteiger partial charge in [0.2, 0.25) is 11.8 Å². The minimum absolute atomic E-state index is 0.00736. The predicted octanol–water partition coefficient (Wildman–Crippen LogP) is 2.34. The summed E-state index contributed by atoms with van der Waals surface area (Å²) >= 11 is 0. The number of hydrogen-bond donors (Lipinski definition) is 1. The number of piperazine rings is 1. The highest BCUT2D eigenvalue weighted by molar-refractivity contribution is 5.79. The molecular weight excluding hydrogens is 377 g/mol. The molecule has 1 fully saturated rings. The number of ether oxygens (including phenoxy) is 1. The highest BCUT2D eigenvalue weighted by Gasteiger charge is 2.24. The van der Waals surface area contributed by atoms with E-state index in [0.29, 0.717) is 39.0 Å². The highest BCUT2D eigenvalue weighted by atomic mass is 19.1. The standard InChI is InChI=1S/C21H30FN3O4/c1-21(2,3)29-20(28)23-10-9-19(27)25-13-11-24(12-14-25)18(26)8-7-16-5-4-6-17(22)15-16/h4-6,15H,7-14H2,1-3H3,(H,23,28). The zero-order chi connectivity index (χ0) is 21.4. The van der Waals surface area contributed by atoms with Crippen LogP contribution in [0.25, 0.3) is 0 Å². The molecule has 0 bridgehead atoms. The van der Waals surface area contributed by atoms with Crippen molar-refractivity contribution < 1.29 is 23.5 Å². The van der Waals surface area contributed by atoms with E-state index in [2.05, 4.69) is 5.32 Å². The number of benzene rings is 1. The van der Waals surface area contributed by atoms with Crippen molar-refractivity contribution in [2.24, 2.45) is 0 Å². The van der Waals surface area contributed by atoms with E-state index in [0.717, 1.165) is 5.56 Å². The largest absolute Gasteiger partial charge is 0.444 e. The summed E-state index contributed by atoms with van der Waals surface area (Å²) < 4.78 is 18.3. The van der Waals surface area contributed by atoms with Gasteiger partial charge in [0.05, 0.1) is 0 Å². The summed E-state index contributed by atoms with van der Waals surface area (Å²) in [7, 11) is 0. The molecule has 1 aliphatic rings. The van der Waals surface area contributed by atoms with Crippen molar-refractivity contribution in [1.82, 2.24) is 15.1 Å². The third-order valence-corrected chi connectivity index (χ3v) is 4.51. The Morgan fingerprint density at radius 3 is 2.17 bits per heavy atom. The second-order valence-electron chi connectivity index (χ2n) is 8.07. The molecule has 1 aliphatic heterocycles. The number of nitrogens with zero attached hydrogens (tertiary/aromatic N) is 2. The summed E-state index contributed by atoms with van der Waals surface area (Å²) in [6.07, 6.45) is 0.453. The van der Waals surface area contributed by atoms with Crippen LogP contribution in [0.1, 0.15) is 39.2 Å². The smallest absolute Gasteiger partial charge is 0.407 e. The second-order valence-corrected chi connectivity index (χ2v) is 8.07. The van der Waals surface area contributed by atoms with E-state index >= 15 is 0 Å². The summed E-state index contributed by atoms with van der Waals surface area (Å²) in [5.74, 6) is -0.357. The maximum atomic E-state index is 13.2. The van der Waals surface area contributed by atoms with E-state index in [1.54, 1.807) is 42.7 Å². The molecule has 1 heterocycles. The molecule has 7 nitrogen and oxygen atoms in total. The Kier molecular flexibility index (Phi) is 7.99. The number of amides is 3. The molecule has 2 rings (SSSR count). The Balaban J connectivity index is 1.66. The molecule has 1 aromatic rings. The van der Waals surface area contributed by atoms with Gasteiger partial charge in [0.15, 0.2) is 0 Å². The molecule has 0 radical (unpaired) electrons. The van der Waals surface area contributed by atoms with Gasteiger partial charge in [-0.15, -0.1) is 0 Å². The number of rotatable bonds is 6. The zero-order valence-corrected chi connectivity index (χ0v) is 17.4. The molecule has 0 atom stereocenters. The lowest BCUT2D eigenvalue weighted by Crippen LogP contribution is -2.51. The van der Waals surface area contributed by atoms with Crippen molar-refractivity contribution in [3.63, 3.8) is 0 Å². The van der Waals surface area contributed by atoms with Crippen LogP contribution >= 0.6 is 0 Å². The lowest BCUT2D eigenvalue weighted by Gasteiger charge is -2.35. The van der Waals surface area contributed by atoms with Gasteiger partial charge in [-0.1, -0.05) is 12.1 Å². The number of nitrogens with one attached hydrogen (secondary N) is 1. The van der Waals surface area contributed by atoms with Crippen LogP contribution in [0.15, 0.2) is 24.3 Å². The normalized spacial score (nSPS) is 14.5. The van der Waals surface area contributed by atoms with Crippen LogP contribution in [0.3, 0.4) is 0 Å². The fraction of sp³-hybridized carbons (Fsp3) is 0.571. The van der Waals surface area contributed by atoms with E-state index in [1.165, 1.54) is 12.1 Å². The zero-order valence-electron chi connectivity index (χ0n) is 17.4. The van der Waals surface area contributed by atoms with Gasteiger partial charge in [-0.05, 0) is 44.9 Å². The minimum atomic E-state index is -0.578. The first-order chi connectivity index (χ1) is 13.6. The summed E-state index contributed by atoms with van der Waals surface area (Å²) in [5.41, 5.74) is 0.218. The maximum absolute atomic E-state index is 13.2. The number of alkyl carbamates (subject to hydrolysis) is 1. The topological polar surface area (TPSA) is 79.0 Å². The fourth-order valence-electron chi connectivity index (χ4n) is 3.05. The molecule has 29 heavy (non-hydrogen) atoms. The molecule has 1 saturated heterocycles. The molecule has 0 aliphatic carbocycles. The molecule has 1 N–H and O–H groups in total. The Morgan fingerprint density at radius 2 is 1.62 bits per heavy atom. The first-order valence-electron chi connectivity index (χ1n) is 9.91. The lowest BCUT2D eigenvalue weighted by atomic mass is 10.1. The van der Waals surface area contributed by atoms with Gasteiger partial charge in [-0.3, -0.25) is 9.59 Å². The number of hydrogen-bond acceptors (Lipinski definition) is 4. The Morgan fingerprint density at radius 1 is 1.03 bits per heavy atom. The van der Waals surface area contributed by atoms with Crippen molar-refractivity contribution in [3.8, 4) is 0 Å². The van der Waals surface area contributed by atoms with Crippen LogP contribution in [0, 0.1) is 5.82 Å². The Labute approximate surface area is 171 Å². The third kappa shape index (κ3) is 8.09. The molecule has 0 aromatic heterocycles. The van der Waals surface area contributed by atoms with Gasteiger partial charge in [0, 0.05) is 45.6 Å². The fourth-order valence-corrected chi connectivity index (χ4v) is 3.05. The number of carbonyl (C=O) groups excluding carboxylic acids is 3. The Hall–Kier alpha value is -2.64. The van der Waals surface area contributed by atoms with Crippen LogP contribution < -0.4 is 5.32 Å². The summed E-state index contributed by atoms with van der Waals surface area (Å²) in [6, 6.07) is 6.26. The monoisotopic (exact) mass is 407 g/mol. The van der Waals surface area contributed by atoms with Crippen molar-refractivity contribution in [2.45, 2.75) is 45.6 Å². The van der Waals surface area contributed by atoms with Crippen molar-refractivity contribution in [3.05, 3.63) is 35.6 Å². The second kappa shape index (κ2) is 10.2. The van der Waals surface area contributed by atoms with E-state index < -0.39 is 11.7 Å². The molecule has 0 unspecified atom stereocenters. The number of carbonyl (C=O) groups is 3. The van der Waals surface area contributed by atoms with E-state index in [-0.39, 0.29) is 30.6 Å². The molecule has 160 valence electrons. The molecule has 1 aromatic carbocycles. The van der Waals surface area contributed by atoms with Crippen molar-refractivity contribution in [2.75, 3.05) is 32.7 Å². The minimum Gasteiger partial charge on any atom is -0.444 e. The molecule has 0 spiro atoms. The van der Waals surface area contributed by atoms with Gasteiger partial charge in [-0.2, -0.15) is 0 Å². The first kappa shape index (κ1) is 22.6. The van der Waals surface area contributed by atoms with E-state index in [9.17, 15) is 18.8 Å². The predicted molar refractivity (Wildman–Crippen MR) is 107 cm³/mol. The maximum Gasteiger partial charge on any atom is 0.407 e.